The van der Waals surface area contributed by atoms with Crippen LogP contribution < -0.4 is 4.74 Å². The molecule has 29 heavy (non-hydrogen) atoms. The van der Waals surface area contributed by atoms with E-state index in [9.17, 15) is 9.59 Å². The third kappa shape index (κ3) is 5.35. The first-order chi connectivity index (χ1) is 14.2. The van der Waals surface area contributed by atoms with E-state index in [1.807, 2.05) is 54.6 Å². The topological polar surface area (TPSA) is 55.8 Å². The smallest absolute Gasteiger partial charge is 0.244 e. The molecule has 0 saturated carbocycles. The lowest BCUT2D eigenvalue weighted by Crippen LogP contribution is -2.30. The predicted octanol–water partition coefficient (Wildman–Crippen LogP) is 4.67. The maximum Gasteiger partial charge on any atom is 0.244 e. The van der Waals surface area contributed by atoms with E-state index in [-0.39, 0.29) is 29.6 Å². The van der Waals surface area contributed by atoms with Crippen LogP contribution in [0.2, 0.25) is 0 Å². The lowest BCUT2D eigenvalue weighted by Gasteiger charge is -2.15. The van der Waals surface area contributed by atoms with Crippen LogP contribution in [0.5, 0.6) is 11.5 Å². The molecule has 2 unspecified atom stereocenters. The van der Waals surface area contributed by atoms with Crippen molar-refractivity contribution < 1.29 is 19.1 Å². The molecule has 2 aliphatic rings. The molecule has 5 nitrogen and oxygen atoms in total. The molecule has 0 N–H and O–H groups in total. The van der Waals surface area contributed by atoms with Crippen LogP contribution in [0.1, 0.15) is 24.8 Å². The third-order valence-electron chi connectivity index (χ3n) is 4.91. The zero-order valence-corrected chi connectivity index (χ0v) is 17.6. The number of hydrogen-bond acceptors (Lipinski definition) is 6. The van der Waals surface area contributed by atoms with Gasteiger partial charge in [-0.3, -0.25) is 14.5 Å². The van der Waals surface area contributed by atoms with Gasteiger partial charge >= 0.3 is 0 Å². The minimum Gasteiger partial charge on any atom is -0.457 e. The van der Waals surface area contributed by atoms with E-state index in [0.29, 0.717) is 6.54 Å². The van der Waals surface area contributed by atoms with E-state index < -0.39 is 0 Å². The zero-order valence-electron chi connectivity index (χ0n) is 16.0. The van der Waals surface area contributed by atoms with E-state index in [4.69, 9.17) is 9.47 Å². The number of carbonyl (C=O) groups is 2. The molecule has 2 heterocycles. The highest BCUT2D eigenvalue weighted by Gasteiger charge is 2.39. The Bertz CT molecular complexity index is 838. The van der Waals surface area contributed by atoms with Crippen molar-refractivity contribution in [3.8, 4) is 11.5 Å². The second-order valence-corrected chi connectivity index (χ2v) is 9.70. The molecule has 2 aliphatic heterocycles. The lowest BCUT2D eigenvalue weighted by molar-refractivity contribution is -0.138. The van der Waals surface area contributed by atoms with Crippen molar-refractivity contribution in [2.24, 2.45) is 0 Å². The summed E-state index contributed by atoms with van der Waals surface area (Å²) in [5, 5.41) is -0.297. The van der Waals surface area contributed by atoms with E-state index in [1.54, 1.807) is 10.8 Å². The molecule has 0 aliphatic carbocycles. The first-order valence-electron chi connectivity index (χ1n) is 9.75. The van der Waals surface area contributed by atoms with Crippen molar-refractivity contribution in [1.29, 1.82) is 0 Å². The van der Waals surface area contributed by atoms with E-state index >= 15 is 0 Å². The zero-order chi connectivity index (χ0) is 20.1. The normalized spacial score (nSPS) is 21.7. The second kappa shape index (κ2) is 9.69. The van der Waals surface area contributed by atoms with Gasteiger partial charge in [0.2, 0.25) is 11.8 Å². The van der Waals surface area contributed by atoms with Crippen LogP contribution in [-0.2, 0) is 20.9 Å². The number of nitrogens with zero attached hydrogens (tertiary/aromatic N) is 1. The molecule has 0 aromatic heterocycles. The summed E-state index contributed by atoms with van der Waals surface area (Å²) in [6.07, 6.45) is 2.76. The Hall–Kier alpha value is -1.96. The van der Waals surface area contributed by atoms with Gasteiger partial charge < -0.3 is 9.47 Å². The van der Waals surface area contributed by atoms with Gasteiger partial charge in [0.1, 0.15) is 16.7 Å². The Balaban J connectivity index is 1.29. The van der Waals surface area contributed by atoms with Crippen molar-refractivity contribution in [2.75, 3.05) is 12.4 Å². The fourth-order valence-corrected chi connectivity index (χ4v) is 6.05. The molecule has 2 aromatic carbocycles. The SMILES string of the molecule is O=C1CC(SSCC2CCCO2)C(=O)N1Cc1ccc(Oc2ccccc2)cc1. The molecule has 0 bridgehead atoms. The summed E-state index contributed by atoms with van der Waals surface area (Å²) in [7, 11) is 3.15. The molecule has 7 heteroatoms. The largest absolute Gasteiger partial charge is 0.457 e. The number of rotatable bonds is 8. The Labute approximate surface area is 178 Å². The highest BCUT2D eigenvalue weighted by molar-refractivity contribution is 8.77. The van der Waals surface area contributed by atoms with Crippen LogP contribution in [-0.4, -0.2) is 40.4 Å². The first kappa shape index (κ1) is 20.3. The monoisotopic (exact) mass is 429 g/mol. The molecule has 4 rings (SSSR count). The van der Waals surface area contributed by atoms with Gasteiger partial charge in [-0.05, 0) is 42.7 Å². The first-order valence-corrected chi connectivity index (χ1v) is 12.1. The quantitative estimate of drug-likeness (QED) is 0.449. The molecular weight excluding hydrogens is 406 g/mol. The van der Waals surface area contributed by atoms with Gasteiger partial charge in [0.25, 0.3) is 0 Å². The van der Waals surface area contributed by atoms with Crippen LogP contribution in [0.4, 0.5) is 0 Å². The summed E-state index contributed by atoms with van der Waals surface area (Å²) < 4.78 is 11.4. The van der Waals surface area contributed by atoms with Crippen molar-refractivity contribution in [3.05, 3.63) is 60.2 Å². The average Bonchev–Trinajstić information content (AvgIpc) is 3.34. The standard InChI is InChI=1S/C22H23NO4S2/c24-21-13-20(29-28-15-19-7-4-12-26-19)22(25)23(21)14-16-8-10-18(11-9-16)27-17-5-2-1-3-6-17/h1-3,5-6,8-11,19-20H,4,7,12-15H2. The van der Waals surface area contributed by atoms with Crippen LogP contribution in [0.3, 0.4) is 0 Å². The number of hydrogen-bond donors (Lipinski definition) is 0. The lowest BCUT2D eigenvalue weighted by atomic mass is 10.2. The Morgan fingerprint density at radius 3 is 2.52 bits per heavy atom. The van der Waals surface area contributed by atoms with Gasteiger partial charge in [-0.15, -0.1) is 0 Å². The highest BCUT2D eigenvalue weighted by Crippen LogP contribution is 2.36. The minimum absolute atomic E-state index is 0.0931. The fraction of sp³-hybridized carbons (Fsp3) is 0.364. The van der Waals surface area contributed by atoms with Crippen LogP contribution in [0.25, 0.3) is 0 Å². The number of para-hydroxylation sites is 1. The molecular formula is C22H23NO4S2. The molecule has 0 radical (unpaired) electrons. The van der Waals surface area contributed by atoms with E-state index in [0.717, 1.165) is 42.3 Å². The maximum atomic E-state index is 12.7. The van der Waals surface area contributed by atoms with Gasteiger partial charge in [-0.25, -0.2) is 0 Å². The maximum absolute atomic E-state index is 12.7. The van der Waals surface area contributed by atoms with Gasteiger partial charge in [0.05, 0.1) is 12.6 Å². The summed E-state index contributed by atoms with van der Waals surface area (Å²) in [6, 6.07) is 17.1. The number of amides is 2. The summed E-state index contributed by atoms with van der Waals surface area (Å²) in [4.78, 5) is 26.4. The van der Waals surface area contributed by atoms with Gasteiger partial charge in [0, 0.05) is 18.8 Å². The van der Waals surface area contributed by atoms with E-state index in [2.05, 4.69) is 0 Å². The highest BCUT2D eigenvalue weighted by atomic mass is 33.1. The number of ether oxygens (including phenoxy) is 2. The molecule has 2 fully saturated rings. The van der Waals surface area contributed by atoms with Crippen molar-refractivity contribution in [1.82, 2.24) is 4.90 Å². The number of imide groups is 1. The van der Waals surface area contributed by atoms with Crippen LogP contribution >= 0.6 is 21.6 Å². The minimum atomic E-state index is -0.297. The molecule has 2 amide bonds. The van der Waals surface area contributed by atoms with Gasteiger partial charge in [-0.2, -0.15) is 0 Å². The van der Waals surface area contributed by atoms with Gasteiger partial charge in [-0.1, -0.05) is 51.9 Å². The van der Waals surface area contributed by atoms with Crippen molar-refractivity contribution in [2.45, 2.75) is 37.2 Å². The van der Waals surface area contributed by atoms with E-state index in [1.165, 1.54) is 15.7 Å². The Kier molecular flexibility index (Phi) is 6.79. The number of likely N-dealkylation sites (tertiary alicyclic amines) is 1. The van der Waals surface area contributed by atoms with Crippen molar-refractivity contribution >= 4 is 33.4 Å². The summed E-state index contributed by atoms with van der Waals surface area (Å²) in [5.74, 6) is 2.16. The number of benzene rings is 2. The summed E-state index contributed by atoms with van der Waals surface area (Å²) in [5.41, 5.74) is 0.907. The molecule has 2 saturated heterocycles. The molecule has 2 atom stereocenters. The predicted molar refractivity (Wildman–Crippen MR) is 116 cm³/mol. The molecule has 0 spiro atoms. The Morgan fingerprint density at radius 2 is 1.79 bits per heavy atom. The Morgan fingerprint density at radius 1 is 1.03 bits per heavy atom. The number of carbonyl (C=O) groups excluding carboxylic acids is 2. The third-order valence-corrected chi connectivity index (χ3v) is 7.67. The molecule has 152 valence electrons. The second-order valence-electron chi connectivity index (χ2n) is 7.09. The van der Waals surface area contributed by atoms with Crippen molar-refractivity contribution in [3.63, 3.8) is 0 Å². The van der Waals surface area contributed by atoms with Crippen LogP contribution in [0.15, 0.2) is 54.6 Å². The molecule has 2 aromatic rings. The average molecular weight is 430 g/mol. The van der Waals surface area contributed by atoms with Crippen LogP contribution in [0, 0.1) is 0 Å². The fourth-order valence-electron chi connectivity index (χ4n) is 3.34. The van der Waals surface area contributed by atoms with Gasteiger partial charge in [0.15, 0.2) is 0 Å². The summed E-state index contributed by atoms with van der Waals surface area (Å²) >= 11 is 0. The summed E-state index contributed by atoms with van der Waals surface area (Å²) in [6.45, 7) is 1.14.